The summed E-state index contributed by atoms with van der Waals surface area (Å²) >= 11 is 0. The molecule has 0 atom stereocenters. The van der Waals surface area contributed by atoms with Crippen LogP contribution in [0.1, 0.15) is 6.42 Å². The maximum Gasteiger partial charge on any atom is 0.00555 e. The Kier molecular flexibility index (Phi) is 3.48. The second-order valence-electron chi connectivity index (χ2n) is 1.64. The minimum atomic E-state index is 0.873. The predicted octanol–water partition coefficient (Wildman–Crippen LogP) is 1.29. The third-order valence-electron chi connectivity index (χ3n) is 0.570. The van der Waals surface area contributed by atoms with Crippen LogP contribution in [0.4, 0.5) is 0 Å². The molecule has 0 bridgehead atoms. The molecule has 0 aromatic heterocycles. The van der Waals surface area contributed by atoms with E-state index in [0.29, 0.717) is 0 Å². The first-order valence-electron chi connectivity index (χ1n) is 2.39. The van der Waals surface area contributed by atoms with E-state index in [1.165, 1.54) is 0 Å². The monoisotopic (exact) mass is 98.1 g/mol. The molecule has 0 aliphatic rings. The molecule has 0 amide bonds. The van der Waals surface area contributed by atoms with Crippen LogP contribution < -0.4 is 0 Å². The number of hydrogen-bond acceptors (Lipinski definition) is 1. The topological polar surface area (TPSA) is 3.24 Å². The van der Waals surface area contributed by atoms with Gasteiger partial charge in [-0.05, 0) is 19.5 Å². The maximum atomic E-state index is 3.64. The molecule has 0 unspecified atom stereocenters. The maximum absolute atomic E-state index is 3.64. The number of nitrogens with zero attached hydrogens (tertiary/aromatic N) is 1. The van der Waals surface area contributed by atoms with E-state index in [1.54, 1.807) is 0 Å². The van der Waals surface area contributed by atoms with Crippen LogP contribution in [0.3, 0.4) is 0 Å². The van der Waals surface area contributed by atoms with Gasteiger partial charge in [-0.15, -0.1) is 0 Å². The van der Waals surface area contributed by atoms with E-state index in [4.69, 9.17) is 0 Å². The van der Waals surface area contributed by atoms with E-state index in [-0.39, 0.29) is 0 Å². The van der Waals surface area contributed by atoms with Crippen LogP contribution in [0, 0.1) is 6.92 Å². The Labute approximate surface area is 45.6 Å². The lowest BCUT2D eigenvalue weighted by Gasteiger charge is -2.00. The predicted molar refractivity (Wildman–Crippen MR) is 32.8 cm³/mol. The summed E-state index contributed by atoms with van der Waals surface area (Å²) in [4.78, 5) is 1.99. The second-order valence-corrected chi connectivity index (χ2v) is 1.64. The fourth-order valence-corrected chi connectivity index (χ4v) is 0.285. The lowest BCUT2D eigenvalue weighted by molar-refractivity contribution is 0.562. The molecule has 0 saturated heterocycles. The molecule has 0 aromatic rings. The quantitative estimate of drug-likeness (QED) is 0.503. The van der Waals surface area contributed by atoms with Gasteiger partial charge in [-0.3, -0.25) is 0 Å². The average Bonchev–Trinajstić information content (AvgIpc) is 1.61. The number of allylic oxidation sites excluding steroid dienone is 1. The molecule has 0 heterocycles. The van der Waals surface area contributed by atoms with Crippen LogP contribution in [0.5, 0.6) is 0 Å². The summed E-state index contributed by atoms with van der Waals surface area (Å²) in [5, 5.41) is 0. The largest absolute Gasteiger partial charge is 0.384 e. The summed E-state index contributed by atoms with van der Waals surface area (Å²) < 4.78 is 0. The fourth-order valence-electron chi connectivity index (χ4n) is 0.285. The third kappa shape index (κ3) is 5.54. The summed E-state index contributed by atoms with van der Waals surface area (Å²) in [5.41, 5.74) is 0. The lowest BCUT2D eigenvalue weighted by Crippen LogP contribution is -1.99. The van der Waals surface area contributed by atoms with Gasteiger partial charge in [0.05, 0.1) is 0 Å². The molecular weight excluding hydrogens is 86.1 g/mol. The van der Waals surface area contributed by atoms with Crippen LogP contribution in [-0.4, -0.2) is 19.0 Å². The summed E-state index contributed by atoms with van der Waals surface area (Å²) in [6.45, 7) is 3.64. The van der Waals surface area contributed by atoms with Gasteiger partial charge in [0.1, 0.15) is 0 Å². The highest BCUT2D eigenvalue weighted by molar-refractivity contribution is 4.79. The van der Waals surface area contributed by atoms with Crippen molar-refractivity contribution in [1.29, 1.82) is 0 Å². The van der Waals surface area contributed by atoms with Gasteiger partial charge in [0, 0.05) is 14.1 Å². The van der Waals surface area contributed by atoms with Gasteiger partial charge in [0.2, 0.25) is 0 Å². The highest BCUT2D eigenvalue weighted by Gasteiger charge is 1.69. The minimum absolute atomic E-state index is 0.873. The molecular formula is C6H12N. The zero-order valence-electron chi connectivity index (χ0n) is 5.02. The smallest absolute Gasteiger partial charge is 0.00555 e. The Bertz CT molecular complexity index is 55.2. The Hall–Kier alpha value is -0.460. The Morgan fingerprint density at radius 1 is 1.57 bits per heavy atom. The molecule has 1 nitrogen and oxygen atoms in total. The third-order valence-corrected chi connectivity index (χ3v) is 0.570. The van der Waals surface area contributed by atoms with Crippen molar-refractivity contribution in [2.75, 3.05) is 14.1 Å². The minimum Gasteiger partial charge on any atom is -0.384 e. The van der Waals surface area contributed by atoms with Crippen molar-refractivity contribution in [1.82, 2.24) is 4.90 Å². The highest BCUT2D eigenvalue weighted by atomic mass is 15.0. The Balaban J connectivity index is 3.08. The van der Waals surface area contributed by atoms with E-state index < -0.39 is 0 Å². The van der Waals surface area contributed by atoms with Crippen LogP contribution >= 0.6 is 0 Å². The molecule has 41 valence electrons. The second kappa shape index (κ2) is 3.72. The summed E-state index contributed by atoms with van der Waals surface area (Å²) in [6, 6.07) is 0. The SMILES string of the molecule is [CH2]C/C=C/N(C)C. The van der Waals surface area contributed by atoms with E-state index >= 15 is 0 Å². The summed E-state index contributed by atoms with van der Waals surface area (Å²) in [7, 11) is 3.98. The molecule has 0 fully saturated rings. The van der Waals surface area contributed by atoms with Gasteiger partial charge in [-0.2, -0.15) is 0 Å². The van der Waals surface area contributed by atoms with Crippen molar-refractivity contribution in [2.24, 2.45) is 0 Å². The molecule has 0 spiro atoms. The molecule has 0 aliphatic carbocycles. The van der Waals surface area contributed by atoms with Gasteiger partial charge in [-0.1, -0.05) is 6.08 Å². The van der Waals surface area contributed by atoms with Crippen molar-refractivity contribution in [2.45, 2.75) is 6.42 Å². The first-order chi connectivity index (χ1) is 3.27. The van der Waals surface area contributed by atoms with Crippen molar-refractivity contribution in [3.63, 3.8) is 0 Å². The molecule has 7 heavy (non-hydrogen) atoms. The van der Waals surface area contributed by atoms with Crippen molar-refractivity contribution in [3.05, 3.63) is 19.2 Å². The Morgan fingerprint density at radius 3 is 2.29 bits per heavy atom. The molecule has 1 radical (unpaired) electrons. The van der Waals surface area contributed by atoms with Gasteiger partial charge in [0.15, 0.2) is 0 Å². The first-order valence-corrected chi connectivity index (χ1v) is 2.39. The van der Waals surface area contributed by atoms with Gasteiger partial charge >= 0.3 is 0 Å². The molecule has 0 aromatic carbocycles. The van der Waals surface area contributed by atoms with E-state index in [9.17, 15) is 0 Å². The zero-order valence-corrected chi connectivity index (χ0v) is 5.02. The molecule has 1 heteroatoms. The van der Waals surface area contributed by atoms with Crippen LogP contribution in [0.2, 0.25) is 0 Å². The van der Waals surface area contributed by atoms with Gasteiger partial charge in [0.25, 0.3) is 0 Å². The standard InChI is InChI=1S/C6H12N/c1-4-5-6-7(2)3/h5-6H,1,4H2,2-3H3/b6-5+. The highest BCUT2D eigenvalue weighted by Crippen LogP contribution is 1.79. The Morgan fingerprint density at radius 2 is 2.14 bits per heavy atom. The van der Waals surface area contributed by atoms with Crippen molar-refractivity contribution in [3.8, 4) is 0 Å². The number of rotatable bonds is 2. The lowest BCUT2D eigenvalue weighted by atomic mass is 10.5. The van der Waals surface area contributed by atoms with Crippen molar-refractivity contribution < 1.29 is 0 Å². The van der Waals surface area contributed by atoms with Crippen LogP contribution in [0.15, 0.2) is 12.3 Å². The normalized spacial score (nSPS) is 10.1. The van der Waals surface area contributed by atoms with E-state index in [1.807, 2.05) is 31.3 Å². The first kappa shape index (κ1) is 6.54. The summed E-state index contributed by atoms with van der Waals surface area (Å²) in [6.07, 6.45) is 4.88. The van der Waals surface area contributed by atoms with E-state index in [0.717, 1.165) is 6.42 Å². The van der Waals surface area contributed by atoms with Gasteiger partial charge < -0.3 is 4.90 Å². The zero-order chi connectivity index (χ0) is 5.70. The average molecular weight is 98.2 g/mol. The van der Waals surface area contributed by atoms with Crippen LogP contribution in [-0.2, 0) is 0 Å². The summed E-state index contributed by atoms with van der Waals surface area (Å²) in [5.74, 6) is 0. The van der Waals surface area contributed by atoms with Crippen LogP contribution in [0.25, 0.3) is 0 Å². The molecule has 0 saturated carbocycles. The van der Waals surface area contributed by atoms with E-state index in [2.05, 4.69) is 6.92 Å². The molecule has 0 N–H and O–H groups in total. The fraction of sp³-hybridized carbons (Fsp3) is 0.500. The molecule has 0 rings (SSSR count). The van der Waals surface area contributed by atoms with Gasteiger partial charge in [-0.25, -0.2) is 0 Å². The van der Waals surface area contributed by atoms with Crippen molar-refractivity contribution >= 4 is 0 Å². The number of hydrogen-bond donors (Lipinski definition) is 0. The molecule has 0 aliphatic heterocycles.